The van der Waals surface area contributed by atoms with Crippen LogP contribution in [-0.4, -0.2) is 14.8 Å². The summed E-state index contributed by atoms with van der Waals surface area (Å²) in [5.74, 6) is 0.0322. The van der Waals surface area contributed by atoms with Crippen LogP contribution in [-0.2, 0) is 6.18 Å². The lowest BCUT2D eigenvalue weighted by Gasteiger charge is -2.09. The zero-order valence-electron chi connectivity index (χ0n) is 7.74. The molecule has 0 aliphatic heterocycles. The summed E-state index contributed by atoms with van der Waals surface area (Å²) in [4.78, 5) is 3.77. The van der Waals surface area contributed by atoms with Gasteiger partial charge in [-0.1, -0.05) is 11.6 Å². The first-order chi connectivity index (χ1) is 7.48. The molecule has 84 valence electrons. The summed E-state index contributed by atoms with van der Waals surface area (Å²) >= 11 is 5.67. The fraction of sp³-hybridized carbons (Fsp3) is 0.111. The Labute approximate surface area is 93.5 Å². The van der Waals surface area contributed by atoms with Gasteiger partial charge in [0.05, 0.1) is 6.20 Å². The van der Waals surface area contributed by atoms with Crippen LogP contribution in [0, 0.1) is 0 Å². The molecule has 3 nitrogen and oxygen atoms in total. The van der Waals surface area contributed by atoms with E-state index in [9.17, 15) is 13.2 Å². The molecule has 0 fully saturated rings. The van der Waals surface area contributed by atoms with Crippen molar-refractivity contribution < 1.29 is 13.2 Å². The molecule has 0 bridgehead atoms. The third kappa shape index (κ3) is 2.01. The van der Waals surface area contributed by atoms with Gasteiger partial charge in [0.25, 0.3) is 0 Å². The second-order valence-corrected chi connectivity index (χ2v) is 3.39. The maximum atomic E-state index is 12.5. The lowest BCUT2D eigenvalue weighted by Crippen LogP contribution is -2.14. The van der Waals surface area contributed by atoms with Gasteiger partial charge in [0.15, 0.2) is 5.82 Å². The molecule has 2 aromatic rings. The smallest absolute Gasteiger partial charge is 0.237 e. The summed E-state index contributed by atoms with van der Waals surface area (Å²) in [7, 11) is 0. The van der Waals surface area contributed by atoms with Crippen molar-refractivity contribution in [2.24, 2.45) is 0 Å². The second-order valence-electron chi connectivity index (χ2n) is 2.96. The Hall–Kier alpha value is -1.56. The van der Waals surface area contributed by atoms with Gasteiger partial charge in [0.2, 0.25) is 0 Å². The number of aromatic nitrogens is 3. The zero-order chi connectivity index (χ0) is 11.8. The highest BCUT2D eigenvalue weighted by Gasteiger charge is 2.35. The van der Waals surface area contributed by atoms with Crippen molar-refractivity contribution >= 4 is 11.6 Å². The van der Waals surface area contributed by atoms with E-state index >= 15 is 0 Å². The minimum Gasteiger partial charge on any atom is -0.237 e. The highest BCUT2D eigenvalue weighted by molar-refractivity contribution is 6.30. The molecule has 2 rings (SSSR count). The molecule has 0 aliphatic carbocycles. The van der Waals surface area contributed by atoms with E-state index in [2.05, 4.69) is 10.1 Å². The van der Waals surface area contributed by atoms with Crippen molar-refractivity contribution in [3.05, 3.63) is 41.3 Å². The molecule has 0 saturated carbocycles. The fourth-order valence-corrected chi connectivity index (χ4v) is 1.36. The molecule has 7 heteroatoms. The first kappa shape index (κ1) is 10.9. The van der Waals surface area contributed by atoms with Crippen molar-refractivity contribution in [3.63, 3.8) is 0 Å². The Morgan fingerprint density at radius 2 is 1.94 bits per heavy atom. The zero-order valence-corrected chi connectivity index (χ0v) is 8.50. The first-order valence-corrected chi connectivity index (χ1v) is 4.59. The molecule has 16 heavy (non-hydrogen) atoms. The topological polar surface area (TPSA) is 30.7 Å². The minimum absolute atomic E-state index is 0.0322. The van der Waals surface area contributed by atoms with Crippen LogP contribution in [0.5, 0.6) is 0 Å². The Morgan fingerprint density at radius 1 is 1.19 bits per heavy atom. The molecule has 0 radical (unpaired) electrons. The van der Waals surface area contributed by atoms with Gasteiger partial charge < -0.3 is 0 Å². The van der Waals surface area contributed by atoms with E-state index in [1.165, 1.54) is 18.3 Å². The van der Waals surface area contributed by atoms with Crippen LogP contribution in [0.25, 0.3) is 5.82 Å². The van der Waals surface area contributed by atoms with Gasteiger partial charge in [-0.05, 0) is 12.1 Å². The van der Waals surface area contributed by atoms with Gasteiger partial charge >= 0.3 is 6.18 Å². The van der Waals surface area contributed by atoms with Crippen LogP contribution < -0.4 is 0 Å². The second kappa shape index (κ2) is 3.79. The van der Waals surface area contributed by atoms with E-state index in [0.717, 1.165) is 12.3 Å². The number of nitrogens with zero attached hydrogens (tertiary/aromatic N) is 3. The molecular formula is C9H5ClF3N3. The van der Waals surface area contributed by atoms with Crippen molar-refractivity contribution in [2.45, 2.75) is 6.18 Å². The normalized spacial score (nSPS) is 11.8. The molecule has 0 spiro atoms. The van der Waals surface area contributed by atoms with Gasteiger partial charge in [-0.25, -0.2) is 9.67 Å². The van der Waals surface area contributed by atoms with E-state index < -0.39 is 11.9 Å². The number of pyridine rings is 1. The Kier molecular flexibility index (Phi) is 2.59. The van der Waals surface area contributed by atoms with Gasteiger partial charge in [-0.2, -0.15) is 18.3 Å². The van der Waals surface area contributed by atoms with Crippen LogP contribution in [0.2, 0.25) is 5.02 Å². The van der Waals surface area contributed by atoms with E-state index in [1.807, 2.05) is 0 Å². The molecule has 0 aliphatic rings. The van der Waals surface area contributed by atoms with Crippen molar-refractivity contribution in [1.29, 1.82) is 0 Å². The first-order valence-electron chi connectivity index (χ1n) is 4.21. The van der Waals surface area contributed by atoms with Crippen LogP contribution >= 0.6 is 11.6 Å². The number of rotatable bonds is 1. The Morgan fingerprint density at radius 3 is 2.56 bits per heavy atom. The number of hydrogen-bond acceptors (Lipinski definition) is 2. The van der Waals surface area contributed by atoms with Gasteiger partial charge in [-0.15, -0.1) is 0 Å². The lowest BCUT2D eigenvalue weighted by molar-refractivity contribution is -0.142. The van der Waals surface area contributed by atoms with Gasteiger partial charge in [-0.3, -0.25) is 0 Å². The van der Waals surface area contributed by atoms with Crippen LogP contribution in [0.4, 0.5) is 13.2 Å². The summed E-state index contributed by atoms with van der Waals surface area (Å²) < 4.78 is 38.3. The molecule has 2 aromatic heterocycles. The summed E-state index contributed by atoms with van der Waals surface area (Å²) in [6.45, 7) is 0. The highest BCUT2D eigenvalue weighted by Crippen LogP contribution is 2.30. The Bertz CT molecular complexity index is 507. The largest absolute Gasteiger partial charge is 0.433 e. The highest BCUT2D eigenvalue weighted by atomic mass is 35.5. The number of hydrogen-bond donors (Lipinski definition) is 0. The monoisotopic (exact) mass is 247 g/mol. The van der Waals surface area contributed by atoms with E-state index in [0.29, 0.717) is 9.70 Å². The minimum atomic E-state index is -4.47. The van der Waals surface area contributed by atoms with E-state index in [1.54, 1.807) is 0 Å². The third-order valence-corrected chi connectivity index (χ3v) is 2.09. The predicted molar refractivity (Wildman–Crippen MR) is 51.4 cm³/mol. The van der Waals surface area contributed by atoms with Gasteiger partial charge in [0, 0.05) is 17.3 Å². The number of halogens is 4. The molecule has 0 amide bonds. The Balaban J connectivity index is 2.53. The molecular weight excluding hydrogens is 243 g/mol. The molecule has 0 N–H and O–H groups in total. The van der Waals surface area contributed by atoms with E-state index in [4.69, 9.17) is 11.6 Å². The van der Waals surface area contributed by atoms with Gasteiger partial charge in [0.1, 0.15) is 5.69 Å². The standard InChI is InChI=1S/C9H5ClF3N3/c10-6-1-3-14-8(5-6)16-7(2-4-15-16)9(11,12)13/h1-5H. The number of alkyl halides is 3. The summed E-state index contributed by atoms with van der Waals surface area (Å²) in [5.41, 5.74) is -0.887. The molecule has 0 unspecified atom stereocenters. The SMILES string of the molecule is FC(F)(F)c1ccnn1-c1cc(Cl)ccn1. The lowest BCUT2D eigenvalue weighted by atomic mass is 10.4. The van der Waals surface area contributed by atoms with E-state index in [-0.39, 0.29) is 5.82 Å². The summed E-state index contributed by atoms with van der Waals surface area (Å²) in [6, 6.07) is 3.66. The molecule has 0 atom stereocenters. The van der Waals surface area contributed by atoms with Crippen molar-refractivity contribution in [1.82, 2.24) is 14.8 Å². The van der Waals surface area contributed by atoms with Crippen molar-refractivity contribution in [3.8, 4) is 5.82 Å². The summed E-state index contributed by atoms with van der Waals surface area (Å²) in [5, 5.41) is 3.87. The molecule has 0 aromatic carbocycles. The average Bonchev–Trinajstić information content (AvgIpc) is 2.65. The maximum absolute atomic E-state index is 12.5. The van der Waals surface area contributed by atoms with Crippen LogP contribution in [0.1, 0.15) is 5.69 Å². The van der Waals surface area contributed by atoms with Crippen molar-refractivity contribution in [2.75, 3.05) is 0 Å². The van der Waals surface area contributed by atoms with Crippen LogP contribution in [0.3, 0.4) is 0 Å². The molecule has 2 heterocycles. The predicted octanol–water partition coefficient (Wildman–Crippen LogP) is 2.94. The summed E-state index contributed by atoms with van der Waals surface area (Å²) in [6.07, 6.45) is -2.09. The third-order valence-electron chi connectivity index (χ3n) is 1.86. The maximum Gasteiger partial charge on any atom is 0.433 e. The molecule has 0 saturated heterocycles. The fourth-order valence-electron chi connectivity index (χ4n) is 1.21. The van der Waals surface area contributed by atoms with Crippen LogP contribution in [0.15, 0.2) is 30.6 Å². The average molecular weight is 248 g/mol. The quantitative estimate of drug-likeness (QED) is 0.776.